The van der Waals surface area contributed by atoms with Gasteiger partial charge in [-0.2, -0.15) is 5.10 Å². The first-order valence-electron chi connectivity index (χ1n) is 3.37. The van der Waals surface area contributed by atoms with Gasteiger partial charge < -0.3 is 0 Å². The molecular formula is C5H5N7O. The molecule has 8 heteroatoms. The Morgan fingerprint density at radius 2 is 2.23 bits per heavy atom. The molecule has 66 valence electrons. The van der Waals surface area contributed by atoms with Gasteiger partial charge in [-0.25, -0.2) is 9.66 Å². The molecule has 1 amide bonds. The van der Waals surface area contributed by atoms with Crippen LogP contribution in [0.4, 0.5) is 0 Å². The van der Waals surface area contributed by atoms with E-state index in [1.54, 1.807) is 0 Å². The Kier molecular flexibility index (Phi) is 1.71. The molecule has 0 saturated carbocycles. The Morgan fingerprint density at radius 1 is 1.46 bits per heavy atom. The molecular weight excluding hydrogens is 174 g/mol. The van der Waals surface area contributed by atoms with Gasteiger partial charge in [-0.3, -0.25) is 15.3 Å². The van der Waals surface area contributed by atoms with Crippen molar-refractivity contribution in [3.63, 3.8) is 0 Å². The molecule has 0 bridgehead atoms. The van der Waals surface area contributed by atoms with Crippen LogP contribution in [0.2, 0.25) is 0 Å². The third-order valence-electron chi connectivity index (χ3n) is 1.28. The topological polar surface area (TPSA) is 101 Å². The second-order valence-electron chi connectivity index (χ2n) is 2.14. The van der Waals surface area contributed by atoms with Crippen molar-refractivity contribution < 1.29 is 4.79 Å². The number of aromatic nitrogens is 6. The van der Waals surface area contributed by atoms with Gasteiger partial charge in [0.25, 0.3) is 0 Å². The number of hydrogen-bond donors (Lipinski definition) is 2. The number of H-pyrrole nitrogens is 1. The average Bonchev–Trinajstić information content (AvgIpc) is 2.74. The Labute approximate surface area is 72.0 Å². The van der Waals surface area contributed by atoms with Crippen molar-refractivity contribution in [3.05, 3.63) is 24.8 Å². The highest BCUT2D eigenvalue weighted by Crippen LogP contribution is 1.86. The largest absolute Gasteiger partial charge is 0.307 e. The molecule has 8 nitrogen and oxygen atoms in total. The number of carbonyl (C=O) groups excluding carboxylic acids is 1. The molecule has 2 heterocycles. The van der Waals surface area contributed by atoms with Crippen LogP contribution in [0.3, 0.4) is 0 Å². The van der Waals surface area contributed by atoms with E-state index in [4.69, 9.17) is 0 Å². The SMILES string of the molecule is O=C(Nn1cnnc1)c1ncn[nH]1. The van der Waals surface area contributed by atoms with Crippen LogP contribution in [0, 0.1) is 0 Å². The summed E-state index contributed by atoms with van der Waals surface area (Å²) in [5, 5.41) is 13.0. The maximum absolute atomic E-state index is 11.3. The van der Waals surface area contributed by atoms with E-state index in [0.29, 0.717) is 0 Å². The quantitative estimate of drug-likeness (QED) is 0.601. The fourth-order valence-electron chi connectivity index (χ4n) is 0.744. The number of hydrogen-bond acceptors (Lipinski definition) is 5. The van der Waals surface area contributed by atoms with Crippen LogP contribution in [0.15, 0.2) is 19.0 Å². The van der Waals surface area contributed by atoms with Crippen LogP contribution < -0.4 is 5.43 Å². The minimum Gasteiger partial charge on any atom is -0.264 e. The van der Waals surface area contributed by atoms with Crippen molar-refractivity contribution >= 4 is 5.91 Å². The molecule has 0 aliphatic heterocycles. The summed E-state index contributed by atoms with van der Waals surface area (Å²) in [4.78, 5) is 14.9. The van der Waals surface area contributed by atoms with Gasteiger partial charge in [0, 0.05) is 0 Å². The molecule has 0 fully saturated rings. The molecule has 0 aliphatic rings. The molecule has 0 aliphatic carbocycles. The molecule has 0 radical (unpaired) electrons. The van der Waals surface area contributed by atoms with E-state index in [9.17, 15) is 4.79 Å². The molecule has 2 rings (SSSR count). The third kappa shape index (κ3) is 1.50. The molecule has 0 saturated heterocycles. The second-order valence-corrected chi connectivity index (χ2v) is 2.14. The van der Waals surface area contributed by atoms with Crippen molar-refractivity contribution in [2.45, 2.75) is 0 Å². The fourth-order valence-corrected chi connectivity index (χ4v) is 0.744. The van der Waals surface area contributed by atoms with Crippen molar-refractivity contribution in [3.8, 4) is 0 Å². The van der Waals surface area contributed by atoms with Gasteiger partial charge in [0.05, 0.1) is 0 Å². The van der Waals surface area contributed by atoms with E-state index >= 15 is 0 Å². The summed E-state index contributed by atoms with van der Waals surface area (Å²) >= 11 is 0. The van der Waals surface area contributed by atoms with Crippen LogP contribution in [0.25, 0.3) is 0 Å². The van der Waals surface area contributed by atoms with Crippen molar-refractivity contribution in [2.24, 2.45) is 0 Å². The number of aromatic amines is 1. The Hall–Kier alpha value is -2.25. The van der Waals surface area contributed by atoms with Gasteiger partial charge in [-0.1, -0.05) is 0 Å². The number of nitrogens with one attached hydrogen (secondary N) is 2. The van der Waals surface area contributed by atoms with E-state index in [1.165, 1.54) is 23.7 Å². The summed E-state index contributed by atoms with van der Waals surface area (Å²) in [6.45, 7) is 0. The van der Waals surface area contributed by atoms with E-state index in [0.717, 1.165) is 0 Å². The van der Waals surface area contributed by atoms with Gasteiger partial charge >= 0.3 is 5.91 Å². The van der Waals surface area contributed by atoms with Gasteiger partial charge in [0.1, 0.15) is 19.0 Å². The van der Waals surface area contributed by atoms with Crippen LogP contribution >= 0.6 is 0 Å². The summed E-state index contributed by atoms with van der Waals surface area (Å²) in [5.41, 5.74) is 2.44. The summed E-state index contributed by atoms with van der Waals surface area (Å²) in [6, 6.07) is 0. The first-order chi connectivity index (χ1) is 6.36. The Balaban J connectivity index is 2.08. The highest BCUT2D eigenvalue weighted by molar-refractivity contribution is 5.96. The molecule has 2 aromatic rings. The fraction of sp³-hybridized carbons (Fsp3) is 0. The van der Waals surface area contributed by atoms with Crippen molar-refractivity contribution in [2.75, 3.05) is 5.43 Å². The summed E-state index contributed by atoms with van der Waals surface area (Å²) < 4.78 is 1.31. The normalized spacial score (nSPS) is 9.85. The predicted octanol–water partition coefficient (Wildman–Crippen LogP) is -1.22. The molecule has 0 spiro atoms. The number of rotatable bonds is 2. The predicted molar refractivity (Wildman–Crippen MR) is 40.1 cm³/mol. The Morgan fingerprint density at radius 3 is 2.85 bits per heavy atom. The first kappa shape index (κ1) is 7.40. The van der Waals surface area contributed by atoms with Gasteiger partial charge in [0.15, 0.2) is 0 Å². The second kappa shape index (κ2) is 3.01. The monoisotopic (exact) mass is 179 g/mol. The van der Waals surface area contributed by atoms with E-state index < -0.39 is 5.91 Å². The lowest BCUT2D eigenvalue weighted by Gasteiger charge is -1.99. The van der Waals surface area contributed by atoms with E-state index in [-0.39, 0.29) is 5.82 Å². The lowest BCUT2D eigenvalue weighted by atomic mass is 10.6. The minimum absolute atomic E-state index is 0.133. The molecule has 2 N–H and O–H groups in total. The maximum Gasteiger partial charge on any atom is 0.307 e. The van der Waals surface area contributed by atoms with Gasteiger partial charge in [-0.15, -0.1) is 10.2 Å². The van der Waals surface area contributed by atoms with Crippen LogP contribution in [0.1, 0.15) is 10.6 Å². The summed E-state index contributed by atoms with van der Waals surface area (Å²) in [5.74, 6) is -0.272. The number of amides is 1. The van der Waals surface area contributed by atoms with Crippen LogP contribution in [-0.4, -0.2) is 36.0 Å². The van der Waals surface area contributed by atoms with Crippen molar-refractivity contribution in [1.82, 2.24) is 30.1 Å². The van der Waals surface area contributed by atoms with Crippen LogP contribution in [-0.2, 0) is 0 Å². The lowest BCUT2D eigenvalue weighted by molar-refractivity contribution is 0.0998. The highest BCUT2D eigenvalue weighted by Gasteiger charge is 2.07. The molecule has 2 aromatic heterocycles. The van der Waals surface area contributed by atoms with Crippen LogP contribution in [0.5, 0.6) is 0 Å². The average molecular weight is 179 g/mol. The minimum atomic E-state index is -0.405. The summed E-state index contributed by atoms with van der Waals surface area (Å²) in [7, 11) is 0. The number of carbonyl (C=O) groups is 1. The molecule has 0 atom stereocenters. The maximum atomic E-state index is 11.3. The van der Waals surface area contributed by atoms with Gasteiger partial charge in [-0.05, 0) is 0 Å². The molecule has 0 unspecified atom stereocenters. The van der Waals surface area contributed by atoms with E-state index in [2.05, 4.69) is 30.8 Å². The molecule has 0 aromatic carbocycles. The van der Waals surface area contributed by atoms with Crippen molar-refractivity contribution in [1.29, 1.82) is 0 Å². The zero-order chi connectivity index (χ0) is 9.10. The zero-order valence-electron chi connectivity index (χ0n) is 6.38. The lowest BCUT2D eigenvalue weighted by Crippen LogP contribution is -2.22. The smallest absolute Gasteiger partial charge is 0.264 e. The third-order valence-corrected chi connectivity index (χ3v) is 1.28. The summed E-state index contributed by atoms with van der Waals surface area (Å²) in [6.07, 6.45) is 3.96. The highest BCUT2D eigenvalue weighted by atomic mass is 16.2. The van der Waals surface area contributed by atoms with Gasteiger partial charge in [0.2, 0.25) is 5.82 Å². The van der Waals surface area contributed by atoms with E-state index in [1.807, 2.05) is 0 Å². The molecule has 13 heavy (non-hydrogen) atoms. The standard InChI is InChI=1S/C5H5N7O/c13-5(4-6-1-7-10-4)11-12-2-8-9-3-12/h1-3H,(H,11,13)(H,6,7,10). The Bertz CT molecular complexity index is 377. The number of nitrogens with zero attached hydrogens (tertiary/aromatic N) is 5. The zero-order valence-corrected chi connectivity index (χ0v) is 6.38. The first-order valence-corrected chi connectivity index (χ1v) is 3.37.